The molecular formula is C25H20FN5O5S. The van der Waals surface area contributed by atoms with Crippen LogP contribution >= 0.6 is 12.2 Å². The quantitative estimate of drug-likeness (QED) is 0.222. The number of nitro groups is 1. The molecule has 1 aromatic heterocycles. The highest BCUT2D eigenvalue weighted by molar-refractivity contribution is 7.80. The van der Waals surface area contributed by atoms with Gasteiger partial charge in [-0.05, 0) is 66.8 Å². The number of amides is 1. The molecule has 2 N–H and O–H groups in total. The number of morpholine rings is 1. The molecule has 3 aromatic carbocycles. The second-order valence-electron chi connectivity index (χ2n) is 8.18. The number of carbonyl (C=O) groups is 1. The van der Waals surface area contributed by atoms with Gasteiger partial charge in [-0.1, -0.05) is 0 Å². The zero-order valence-electron chi connectivity index (χ0n) is 19.3. The van der Waals surface area contributed by atoms with Gasteiger partial charge in [-0.15, -0.1) is 0 Å². The molecule has 0 spiro atoms. The largest absolute Gasteiger partial charge is 0.436 e. The first-order valence-corrected chi connectivity index (χ1v) is 11.7. The Hall–Kier alpha value is -4.42. The van der Waals surface area contributed by atoms with E-state index in [0.29, 0.717) is 60.2 Å². The van der Waals surface area contributed by atoms with Crippen LogP contribution in [0.3, 0.4) is 0 Å². The monoisotopic (exact) mass is 521 g/mol. The van der Waals surface area contributed by atoms with E-state index < -0.39 is 10.8 Å². The Morgan fingerprint density at radius 1 is 1.08 bits per heavy atom. The molecule has 1 saturated heterocycles. The molecule has 0 bridgehead atoms. The number of nitrogens with one attached hydrogen (secondary N) is 2. The Balaban J connectivity index is 1.28. The summed E-state index contributed by atoms with van der Waals surface area (Å²) in [7, 11) is 0. The molecule has 0 aliphatic carbocycles. The van der Waals surface area contributed by atoms with Gasteiger partial charge in [0.2, 0.25) is 5.89 Å². The van der Waals surface area contributed by atoms with Crippen LogP contribution in [0.2, 0.25) is 0 Å². The highest BCUT2D eigenvalue weighted by Gasteiger charge is 2.23. The van der Waals surface area contributed by atoms with Crippen LogP contribution in [0.5, 0.6) is 0 Å². The molecule has 1 aliphatic heterocycles. The van der Waals surface area contributed by atoms with Gasteiger partial charge in [0.1, 0.15) is 17.0 Å². The average Bonchev–Trinajstić information content (AvgIpc) is 3.32. The van der Waals surface area contributed by atoms with Crippen molar-refractivity contribution >= 4 is 51.4 Å². The molecule has 0 atom stereocenters. The Morgan fingerprint density at radius 3 is 2.57 bits per heavy atom. The van der Waals surface area contributed by atoms with Crippen molar-refractivity contribution in [2.75, 3.05) is 36.5 Å². The maximum absolute atomic E-state index is 13.2. The van der Waals surface area contributed by atoms with Gasteiger partial charge >= 0.3 is 0 Å². The van der Waals surface area contributed by atoms with E-state index in [9.17, 15) is 19.3 Å². The first kappa shape index (κ1) is 24.3. The minimum Gasteiger partial charge on any atom is -0.436 e. The molecule has 1 fully saturated rings. The first-order valence-electron chi connectivity index (χ1n) is 11.3. The van der Waals surface area contributed by atoms with E-state index >= 15 is 0 Å². The van der Waals surface area contributed by atoms with E-state index in [0.717, 1.165) is 0 Å². The van der Waals surface area contributed by atoms with E-state index in [1.165, 1.54) is 24.3 Å². The fraction of sp³-hybridized carbons (Fsp3) is 0.160. The summed E-state index contributed by atoms with van der Waals surface area (Å²) in [4.78, 5) is 30.2. The number of benzene rings is 3. The lowest BCUT2D eigenvalue weighted by atomic mass is 10.1. The average molecular weight is 522 g/mol. The third kappa shape index (κ3) is 5.39. The fourth-order valence-corrected chi connectivity index (χ4v) is 4.15. The molecule has 2 heterocycles. The molecule has 1 aliphatic rings. The second-order valence-corrected chi connectivity index (χ2v) is 8.58. The number of nitrogens with zero attached hydrogens (tertiary/aromatic N) is 3. The lowest BCUT2D eigenvalue weighted by molar-refractivity contribution is -0.384. The van der Waals surface area contributed by atoms with E-state index in [1.54, 1.807) is 36.4 Å². The number of hydrogen-bond acceptors (Lipinski definition) is 8. The third-order valence-corrected chi connectivity index (χ3v) is 5.95. The molecule has 188 valence electrons. The fourth-order valence-electron chi connectivity index (χ4n) is 3.94. The van der Waals surface area contributed by atoms with E-state index in [-0.39, 0.29) is 22.2 Å². The van der Waals surface area contributed by atoms with Gasteiger partial charge in [-0.3, -0.25) is 20.2 Å². The summed E-state index contributed by atoms with van der Waals surface area (Å²) in [5.41, 5.74) is 2.60. The summed E-state index contributed by atoms with van der Waals surface area (Å²) in [6.07, 6.45) is 0. The molecule has 37 heavy (non-hydrogen) atoms. The maximum Gasteiger partial charge on any atom is 0.293 e. The van der Waals surface area contributed by atoms with Gasteiger partial charge in [-0.25, -0.2) is 9.37 Å². The Morgan fingerprint density at radius 2 is 1.84 bits per heavy atom. The summed E-state index contributed by atoms with van der Waals surface area (Å²) >= 11 is 5.26. The number of ether oxygens (including phenoxy) is 1. The van der Waals surface area contributed by atoms with Crippen LogP contribution < -0.4 is 15.5 Å². The number of fused-ring (bicyclic) bond motifs is 1. The SMILES string of the molecule is O=C(NC(=S)Nc1ccc2oc(-c3ccc(F)cc3)nc2c1)c1ccc(N2CCOCC2)c([N+](=O)[O-])c1. The van der Waals surface area contributed by atoms with Crippen molar-refractivity contribution in [2.24, 2.45) is 0 Å². The molecule has 4 aromatic rings. The minimum atomic E-state index is -0.588. The molecule has 12 heteroatoms. The lowest BCUT2D eigenvalue weighted by Gasteiger charge is -2.28. The van der Waals surface area contributed by atoms with Gasteiger partial charge < -0.3 is 19.4 Å². The molecule has 1 amide bonds. The van der Waals surface area contributed by atoms with Crippen molar-refractivity contribution in [2.45, 2.75) is 0 Å². The van der Waals surface area contributed by atoms with Crippen LogP contribution in [0.25, 0.3) is 22.6 Å². The summed E-state index contributed by atoms with van der Waals surface area (Å²) in [5, 5.41) is 17.1. The van der Waals surface area contributed by atoms with Gasteiger partial charge in [0.05, 0.1) is 18.1 Å². The minimum absolute atomic E-state index is 0.00603. The predicted molar refractivity (Wildman–Crippen MR) is 139 cm³/mol. The number of halogens is 1. The van der Waals surface area contributed by atoms with Gasteiger partial charge in [-0.2, -0.15) is 0 Å². The Bertz CT molecular complexity index is 1500. The van der Waals surface area contributed by atoms with Crippen LogP contribution in [0.4, 0.5) is 21.5 Å². The van der Waals surface area contributed by atoms with Crippen molar-refractivity contribution < 1.29 is 23.3 Å². The first-order chi connectivity index (χ1) is 17.9. The van der Waals surface area contributed by atoms with Gasteiger partial charge in [0.25, 0.3) is 11.6 Å². The van der Waals surface area contributed by atoms with Crippen LogP contribution in [0.15, 0.2) is 65.1 Å². The van der Waals surface area contributed by atoms with E-state index in [1.807, 2.05) is 4.90 Å². The van der Waals surface area contributed by atoms with E-state index in [4.69, 9.17) is 21.4 Å². The number of thiocarbonyl (C=S) groups is 1. The second kappa shape index (κ2) is 10.3. The molecule has 5 rings (SSSR count). The van der Waals surface area contributed by atoms with Crippen LogP contribution in [0, 0.1) is 15.9 Å². The van der Waals surface area contributed by atoms with Crippen LogP contribution in [-0.4, -0.2) is 47.2 Å². The zero-order chi connectivity index (χ0) is 25.9. The molecule has 10 nitrogen and oxygen atoms in total. The molecule has 0 saturated carbocycles. The van der Waals surface area contributed by atoms with Crippen LogP contribution in [0.1, 0.15) is 10.4 Å². The number of rotatable bonds is 5. The summed E-state index contributed by atoms with van der Waals surface area (Å²) < 4.78 is 24.2. The number of anilines is 2. The van der Waals surface area contributed by atoms with Crippen molar-refractivity contribution in [3.63, 3.8) is 0 Å². The highest BCUT2D eigenvalue weighted by atomic mass is 32.1. The molecule has 0 unspecified atom stereocenters. The highest BCUT2D eigenvalue weighted by Crippen LogP contribution is 2.30. The van der Waals surface area contributed by atoms with E-state index in [2.05, 4.69) is 15.6 Å². The number of nitro benzene ring substituents is 1. The van der Waals surface area contributed by atoms with Gasteiger partial charge in [0.15, 0.2) is 10.7 Å². The maximum atomic E-state index is 13.2. The summed E-state index contributed by atoms with van der Waals surface area (Å²) in [6.45, 7) is 2.02. The molecular weight excluding hydrogens is 501 g/mol. The van der Waals surface area contributed by atoms with Crippen molar-refractivity contribution in [3.05, 3.63) is 82.2 Å². The lowest BCUT2D eigenvalue weighted by Crippen LogP contribution is -2.37. The van der Waals surface area contributed by atoms with Crippen LogP contribution in [-0.2, 0) is 4.74 Å². The number of oxazole rings is 1. The third-order valence-electron chi connectivity index (χ3n) is 5.75. The summed E-state index contributed by atoms with van der Waals surface area (Å²) in [6, 6.07) is 15.2. The molecule has 0 radical (unpaired) electrons. The normalized spacial score (nSPS) is 13.4. The zero-order valence-corrected chi connectivity index (χ0v) is 20.1. The predicted octanol–water partition coefficient (Wildman–Crippen LogP) is 4.51. The number of carbonyl (C=O) groups excluding carboxylic acids is 1. The van der Waals surface area contributed by atoms with Crippen molar-refractivity contribution in [1.82, 2.24) is 10.3 Å². The standard InChI is InChI=1S/C25H20FN5O5S/c26-17-4-1-15(2-5-17)24-28-19-14-18(6-8-22(19)36-24)27-25(37)29-23(32)16-3-7-20(21(13-16)31(33)34)30-9-11-35-12-10-30/h1-8,13-14H,9-12H2,(H2,27,29,32,37). The Labute approximate surface area is 215 Å². The smallest absolute Gasteiger partial charge is 0.293 e. The Kier molecular flexibility index (Phi) is 6.75. The van der Waals surface area contributed by atoms with Crippen molar-refractivity contribution in [1.29, 1.82) is 0 Å². The van der Waals surface area contributed by atoms with Gasteiger partial charge in [0, 0.05) is 36.0 Å². The topological polar surface area (TPSA) is 123 Å². The van der Waals surface area contributed by atoms with Crippen molar-refractivity contribution in [3.8, 4) is 11.5 Å². The summed E-state index contributed by atoms with van der Waals surface area (Å²) in [5.74, 6) is -0.607. The number of hydrogen-bond donors (Lipinski definition) is 2. The number of aromatic nitrogens is 1.